The molecule has 0 fully saturated rings. The van der Waals surface area contributed by atoms with Gasteiger partial charge in [0.2, 0.25) is 5.91 Å². The number of aromatic nitrogens is 2. The predicted molar refractivity (Wildman–Crippen MR) is 116 cm³/mol. The molecule has 0 bridgehead atoms. The second-order valence-corrected chi connectivity index (χ2v) is 8.61. The lowest BCUT2D eigenvalue weighted by atomic mass is 10.2. The molecule has 0 spiro atoms. The van der Waals surface area contributed by atoms with Crippen LogP contribution in [0.1, 0.15) is 11.3 Å². The summed E-state index contributed by atoms with van der Waals surface area (Å²) in [6, 6.07) is 8.34. The Morgan fingerprint density at radius 1 is 1.29 bits per heavy atom. The van der Waals surface area contributed by atoms with Crippen LogP contribution in [-0.4, -0.2) is 35.3 Å². The number of ether oxygens (including phenoxy) is 1. The van der Waals surface area contributed by atoms with Gasteiger partial charge in [0.25, 0.3) is 0 Å². The highest BCUT2D eigenvalue weighted by Crippen LogP contribution is 2.33. The highest BCUT2D eigenvalue weighted by atomic mass is 35.5. The third-order valence-electron chi connectivity index (χ3n) is 4.03. The summed E-state index contributed by atoms with van der Waals surface area (Å²) in [6.07, 6.45) is -3.61. The lowest BCUT2D eigenvalue weighted by molar-refractivity contribution is -0.137. The number of alkyl halides is 3. The average Bonchev–Trinajstić information content (AvgIpc) is 3.19. The molecule has 0 saturated heterocycles. The van der Waals surface area contributed by atoms with E-state index in [-0.39, 0.29) is 22.4 Å². The third-order valence-corrected chi connectivity index (χ3v) is 6.38. The number of nitrogens with one attached hydrogen (secondary N) is 1. The summed E-state index contributed by atoms with van der Waals surface area (Å²) >= 11 is 8.49. The van der Waals surface area contributed by atoms with Crippen LogP contribution in [0.15, 0.2) is 46.9 Å². The molecular weight excluding hydrogens is 471 g/mol. The number of hydrogen-bond acceptors (Lipinski definition) is 6. The maximum Gasteiger partial charge on any atom is 0.417 e. The summed E-state index contributed by atoms with van der Waals surface area (Å²) in [6.45, 7) is 0.317. The van der Waals surface area contributed by atoms with Gasteiger partial charge in [-0.1, -0.05) is 11.6 Å². The number of thioether (sulfide) groups is 1. The lowest BCUT2D eigenvalue weighted by Crippen LogP contribution is -2.27. The minimum atomic E-state index is -4.49. The molecular formula is C20H17ClF3N3O2S2. The van der Waals surface area contributed by atoms with Gasteiger partial charge in [-0.2, -0.15) is 13.2 Å². The molecule has 3 rings (SSSR count). The van der Waals surface area contributed by atoms with Gasteiger partial charge in [0, 0.05) is 29.4 Å². The van der Waals surface area contributed by atoms with Crippen molar-refractivity contribution >= 4 is 40.6 Å². The molecule has 31 heavy (non-hydrogen) atoms. The van der Waals surface area contributed by atoms with Gasteiger partial charge < -0.3 is 10.1 Å². The molecule has 0 aliphatic carbocycles. The molecule has 3 aromatic rings. The fraction of sp³-hybridized carbons (Fsp3) is 0.250. The smallest absolute Gasteiger partial charge is 0.417 e. The number of amides is 1. The van der Waals surface area contributed by atoms with E-state index in [4.69, 9.17) is 16.3 Å². The zero-order chi connectivity index (χ0) is 22.4. The Morgan fingerprint density at radius 2 is 2.03 bits per heavy atom. The number of pyridine rings is 1. The van der Waals surface area contributed by atoms with E-state index in [0.717, 1.165) is 28.6 Å². The molecule has 0 radical (unpaired) electrons. The molecule has 2 aromatic heterocycles. The Morgan fingerprint density at radius 3 is 2.68 bits per heavy atom. The van der Waals surface area contributed by atoms with Crippen LogP contribution >= 0.6 is 34.7 Å². The predicted octanol–water partition coefficient (Wildman–Crippen LogP) is 5.34. The van der Waals surface area contributed by atoms with Crippen molar-refractivity contribution in [3.63, 3.8) is 0 Å². The van der Waals surface area contributed by atoms with Gasteiger partial charge in [0.1, 0.15) is 15.8 Å². The van der Waals surface area contributed by atoms with Crippen molar-refractivity contribution < 1.29 is 22.7 Å². The Bertz CT molecular complexity index is 1040. The van der Waals surface area contributed by atoms with Crippen LogP contribution in [-0.2, 0) is 17.4 Å². The lowest BCUT2D eigenvalue weighted by Gasteiger charge is -2.09. The number of benzene rings is 1. The van der Waals surface area contributed by atoms with Gasteiger partial charge in [-0.15, -0.1) is 23.1 Å². The van der Waals surface area contributed by atoms with E-state index in [0.29, 0.717) is 18.0 Å². The topological polar surface area (TPSA) is 64.1 Å². The molecule has 1 N–H and O–H groups in total. The SMILES string of the molecule is COc1ccc(-c2nc(CC(=O)NCCSc3ncc(C(F)(F)F)cc3Cl)cs2)cc1. The Kier molecular flexibility index (Phi) is 7.79. The van der Waals surface area contributed by atoms with Crippen molar-refractivity contribution in [2.75, 3.05) is 19.4 Å². The van der Waals surface area contributed by atoms with Gasteiger partial charge in [-0.05, 0) is 30.3 Å². The zero-order valence-corrected chi connectivity index (χ0v) is 18.6. The number of rotatable bonds is 8. The Balaban J connectivity index is 1.45. The van der Waals surface area contributed by atoms with Gasteiger partial charge in [-0.3, -0.25) is 4.79 Å². The highest BCUT2D eigenvalue weighted by Gasteiger charge is 2.31. The van der Waals surface area contributed by atoms with Crippen molar-refractivity contribution in [3.8, 4) is 16.3 Å². The first-order chi connectivity index (χ1) is 14.8. The first-order valence-electron chi connectivity index (χ1n) is 8.97. The standard InChI is InChI=1S/C20H17ClF3N3O2S2/c1-29-15-4-2-12(3-5-15)18-27-14(11-31-18)9-17(28)25-6-7-30-19-16(21)8-13(10-26-19)20(22,23)24/h2-5,8,10-11H,6-7,9H2,1H3,(H,25,28). The van der Waals surface area contributed by atoms with Gasteiger partial charge >= 0.3 is 6.18 Å². The largest absolute Gasteiger partial charge is 0.497 e. The molecule has 5 nitrogen and oxygen atoms in total. The van der Waals surface area contributed by atoms with Crippen molar-refractivity contribution in [2.45, 2.75) is 17.6 Å². The zero-order valence-electron chi connectivity index (χ0n) is 16.2. The van der Waals surface area contributed by atoms with E-state index in [1.807, 2.05) is 29.6 Å². The molecule has 0 saturated carbocycles. The summed E-state index contributed by atoms with van der Waals surface area (Å²) in [7, 11) is 1.60. The van der Waals surface area contributed by atoms with Gasteiger partial charge in [0.15, 0.2) is 0 Å². The van der Waals surface area contributed by atoms with Gasteiger partial charge in [-0.25, -0.2) is 9.97 Å². The van der Waals surface area contributed by atoms with Crippen molar-refractivity contribution in [1.29, 1.82) is 0 Å². The van der Waals surface area contributed by atoms with Crippen molar-refractivity contribution in [1.82, 2.24) is 15.3 Å². The second kappa shape index (κ2) is 10.3. The summed E-state index contributed by atoms with van der Waals surface area (Å²) in [5.41, 5.74) is 0.704. The highest BCUT2D eigenvalue weighted by molar-refractivity contribution is 7.99. The fourth-order valence-corrected chi connectivity index (χ4v) is 4.38. The Hall–Kier alpha value is -2.30. The van der Waals surface area contributed by atoms with Crippen LogP contribution in [0.4, 0.5) is 13.2 Å². The average molecular weight is 488 g/mol. The molecule has 0 aliphatic rings. The molecule has 11 heteroatoms. The van der Waals surface area contributed by atoms with Crippen molar-refractivity contribution in [2.24, 2.45) is 0 Å². The molecule has 2 heterocycles. The van der Waals surface area contributed by atoms with Crippen molar-refractivity contribution in [3.05, 3.63) is 58.2 Å². The van der Waals surface area contributed by atoms with Crippen LogP contribution in [0.25, 0.3) is 10.6 Å². The maximum absolute atomic E-state index is 12.6. The number of carbonyl (C=O) groups excluding carboxylic acids is 1. The van der Waals surface area contributed by atoms with Crippen LogP contribution < -0.4 is 10.1 Å². The van der Waals surface area contributed by atoms with E-state index < -0.39 is 11.7 Å². The molecule has 164 valence electrons. The fourth-order valence-electron chi connectivity index (χ4n) is 2.51. The van der Waals surface area contributed by atoms with E-state index in [2.05, 4.69) is 15.3 Å². The minimum Gasteiger partial charge on any atom is -0.497 e. The molecule has 0 aliphatic heterocycles. The van der Waals surface area contributed by atoms with E-state index in [9.17, 15) is 18.0 Å². The number of halogens is 4. The Labute approximate surface area is 190 Å². The van der Waals surface area contributed by atoms with Gasteiger partial charge in [0.05, 0.1) is 29.8 Å². The van der Waals surface area contributed by atoms with Crippen LogP contribution in [0.5, 0.6) is 5.75 Å². The molecule has 0 atom stereocenters. The second-order valence-electron chi connectivity index (χ2n) is 6.26. The number of hydrogen-bond donors (Lipinski definition) is 1. The van der Waals surface area contributed by atoms with E-state index in [1.54, 1.807) is 7.11 Å². The monoisotopic (exact) mass is 487 g/mol. The summed E-state index contributed by atoms with van der Waals surface area (Å²) in [5.74, 6) is 0.974. The minimum absolute atomic E-state index is 0.0697. The number of nitrogens with zero attached hydrogens (tertiary/aromatic N) is 2. The molecule has 1 amide bonds. The summed E-state index contributed by atoms with van der Waals surface area (Å²) < 4.78 is 43.1. The normalized spacial score (nSPS) is 11.4. The molecule has 0 unspecified atom stereocenters. The third kappa shape index (κ3) is 6.59. The van der Waals surface area contributed by atoms with E-state index in [1.165, 1.54) is 23.1 Å². The van der Waals surface area contributed by atoms with Crippen LogP contribution in [0.3, 0.4) is 0 Å². The summed E-state index contributed by atoms with van der Waals surface area (Å²) in [5, 5.41) is 5.62. The quantitative estimate of drug-likeness (QED) is 0.343. The summed E-state index contributed by atoms with van der Waals surface area (Å²) in [4.78, 5) is 20.4. The van der Waals surface area contributed by atoms with Crippen LogP contribution in [0, 0.1) is 0 Å². The maximum atomic E-state index is 12.6. The number of methoxy groups -OCH3 is 1. The van der Waals surface area contributed by atoms with Crippen LogP contribution in [0.2, 0.25) is 5.02 Å². The molecule has 1 aromatic carbocycles. The van der Waals surface area contributed by atoms with E-state index >= 15 is 0 Å². The number of thiazole rings is 1. The first-order valence-corrected chi connectivity index (χ1v) is 11.2. The number of carbonyl (C=O) groups is 1. The first kappa shape index (κ1) is 23.4.